The molecule has 23 heavy (non-hydrogen) atoms. The summed E-state index contributed by atoms with van der Waals surface area (Å²) in [5.74, 6) is -0.412. The minimum Gasteiger partial charge on any atom is -0.461 e. The molecule has 0 bridgehead atoms. The van der Waals surface area contributed by atoms with Gasteiger partial charge in [0.25, 0.3) is 0 Å². The van der Waals surface area contributed by atoms with Crippen molar-refractivity contribution in [3.63, 3.8) is 0 Å². The first-order valence-electron chi connectivity index (χ1n) is 7.58. The Kier molecular flexibility index (Phi) is 4.24. The second kappa shape index (κ2) is 6.48. The third-order valence-electron chi connectivity index (χ3n) is 3.68. The molecule has 0 saturated carbocycles. The van der Waals surface area contributed by atoms with Crippen LogP contribution in [0.2, 0.25) is 0 Å². The van der Waals surface area contributed by atoms with Crippen LogP contribution in [0, 0.1) is 0 Å². The number of anilines is 1. The number of esters is 1. The summed E-state index contributed by atoms with van der Waals surface area (Å²) in [7, 11) is 0. The first-order valence-corrected chi connectivity index (χ1v) is 7.58. The van der Waals surface area contributed by atoms with Crippen LogP contribution in [-0.4, -0.2) is 18.3 Å². The van der Waals surface area contributed by atoms with Gasteiger partial charge in [-0.1, -0.05) is 48.5 Å². The highest BCUT2D eigenvalue weighted by Crippen LogP contribution is 2.31. The van der Waals surface area contributed by atoms with Gasteiger partial charge >= 0.3 is 5.97 Å². The number of hydrazone groups is 1. The van der Waals surface area contributed by atoms with Gasteiger partial charge in [0.15, 0.2) is 0 Å². The van der Waals surface area contributed by atoms with Gasteiger partial charge in [-0.25, -0.2) is 4.79 Å². The molecule has 4 nitrogen and oxygen atoms in total. The van der Waals surface area contributed by atoms with Gasteiger partial charge in [0, 0.05) is 5.39 Å². The lowest BCUT2D eigenvalue weighted by molar-refractivity contribution is -0.135. The number of rotatable bonds is 4. The van der Waals surface area contributed by atoms with Crippen LogP contribution in [0.3, 0.4) is 0 Å². The van der Waals surface area contributed by atoms with E-state index in [0.717, 1.165) is 21.8 Å². The van der Waals surface area contributed by atoms with Crippen LogP contribution in [0.1, 0.15) is 13.8 Å². The Morgan fingerprint density at radius 2 is 1.70 bits per heavy atom. The molecule has 0 aromatic heterocycles. The highest BCUT2D eigenvalue weighted by Gasteiger charge is 2.08. The molecule has 1 N–H and O–H groups in total. The number of carbonyl (C=O) groups is 1. The third-order valence-corrected chi connectivity index (χ3v) is 3.68. The minimum absolute atomic E-state index is 0.295. The number of nitrogens with zero attached hydrogens (tertiary/aromatic N) is 1. The number of hydrogen-bond donors (Lipinski definition) is 1. The van der Waals surface area contributed by atoms with E-state index in [1.807, 2.05) is 36.4 Å². The number of nitrogens with one attached hydrogen (secondary N) is 1. The molecule has 0 saturated heterocycles. The van der Waals surface area contributed by atoms with Crippen molar-refractivity contribution >= 4 is 38.9 Å². The van der Waals surface area contributed by atoms with E-state index >= 15 is 0 Å². The van der Waals surface area contributed by atoms with Gasteiger partial charge in [0.05, 0.1) is 12.3 Å². The second-order valence-corrected chi connectivity index (χ2v) is 5.22. The van der Waals surface area contributed by atoms with Crippen molar-refractivity contribution in [3.8, 4) is 0 Å². The first-order chi connectivity index (χ1) is 11.2. The molecule has 3 aromatic carbocycles. The van der Waals surface area contributed by atoms with Crippen LogP contribution in [0.15, 0.2) is 59.7 Å². The fraction of sp³-hybridized carbons (Fsp3) is 0.158. The minimum atomic E-state index is -0.412. The molecule has 0 heterocycles. The molecular formula is C19H18N2O2. The summed E-state index contributed by atoms with van der Waals surface area (Å²) in [5.41, 5.74) is 4.17. The highest BCUT2D eigenvalue weighted by atomic mass is 16.5. The van der Waals surface area contributed by atoms with Gasteiger partial charge in [0.2, 0.25) is 0 Å². The molecule has 0 fully saturated rings. The number of benzene rings is 3. The van der Waals surface area contributed by atoms with Crippen LogP contribution >= 0.6 is 0 Å². The fourth-order valence-corrected chi connectivity index (χ4v) is 2.57. The van der Waals surface area contributed by atoms with Crippen molar-refractivity contribution in [3.05, 3.63) is 54.6 Å². The number of hydrogen-bond acceptors (Lipinski definition) is 4. The average molecular weight is 306 g/mol. The topological polar surface area (TPSA) is 50.7 Å². The lowest BCUT2D eigenvalue weighted by Crippen LogP contribution is -2.15. The van der Waals surface area contributed by atoms with E-state index < -0.39 is 5.97 Å². The molecule has 0 aliphatic rings. The number of fused-ring (bicyclic) bond motifs is 3. The van der Waals surface area contributed by atoms with E-state index in [1.54, 1.807) is 13.8 Å². The van der Waals surface area contributed by atoms with Crippen LogP contribution in [0.5, 0.6) is 0 Å². The fourth-order valence-electron chi connectivity index (χ4n) is 2.57. The number of ether oxygens (including phenoxy) is 1. The van der Waals surface area contributed by atoms with Crippen LogP contribution in [0.25, 0.3) is 21.5 Å². The quantitative estimate of drug-likeness (QED) is 0.337. The van der Waals surface area contributed by atoms with E-state index in [1.165, 1.54) is 5.39 Å². The van der Waals surface area contributed by atoms with Crippen molar-refractivity contribution < 1.29 is 9.53 Å². The van der Waals surface area contributed by atoms with Gasteiger partial charge in [-0.3, -0.25) is 5.43 Å². The van der Waals surface area contributed by atoms with E-state index in [9.17, 15) is 4.79 Å². The maximum Gasteiger partial charge on any atom is 0.354 e. The zero-order chi connectivity index (χ0) is 16.2. The standard InChI is InChI=1S/C19H18N2O2/c1-3-23-19(22)13(2)20-21-18-12-14-8-4-5-9-15(14)16-10-6-7-11-17(16)18/h4-12,21H,3H2,1-2H3. The van der Waals surface area contributed by atoms with Crippen LogP contribution in [-0.2, 0) is 9.53 Å². The lowest BCUT2D eigenvalue weighted by Gasteiger charge is -2.10. The maximum atomic E-state index is 11.6. The number of carbonyl (C=O) groups excluding carboxylic acids is 1. The summed E-state index contributed by atoms with van der Waals surface area (Å²) >= 11 is 0. The molecule has 0 atom stereocenters. The molecule has 0 amide bonds. The Morgan fingerprint density at radius 3 is 2.43 bits per heavy atom. The van der Waals surface area contributed by atoms with Gasteiger partial charge in [-0.05, 0) is 36.1 Å². The lowest BCUT2D eigenvalue weighted by atomic mass is 10.0. The van der Waals surface area contributed by atoms with Crippen molar-refractivity contribution in [1.82, 2.24) is 0 Å². The Balaban J connectivity index is 2.06. The second-order valence-electron chi connectivity index (χ2n) is 5.22. The van der Waals surface area contributed by atoms with Gasteiger partial charge < -0.3 is 4.74 Å². The van der Waals surface area contributed by atoms with Gasteiger partial charge in [0.1, 0.15) is 5.71 Å². The van der Waals surface area contributed by atoms with E-state index in [2.05, 4.69) is 28.7 Å². The van der Waals surface area contributed by atoms with Crippen molar-refractivity contribution in [1.29, 1.82) is 0 Å². The SMILES string of the molecule is CCOC(=O)C(C)=NNc1cc2ccccc2c2ccccc12. The summed E-state index contributed by atoms with van der Waals surface area (Å²) in [6, 6.07) is 18.4. The Hall–Kier alpha value is -2.88. The van der Waals surface area contributed by atoms with E-state index in [-0.39, 0.29) is 0 Å². The monoisotopic (exact) mass is 306 g/mol. The maximum absolute atomic E-state index is 11.6. The smallest absolute Gasteiger partial charge is 0.354 e. The van der Waals surface area contributed by atoms with Crippen molar-refractivity contribution in [2.45, 2.75) is 13.8 Å². The first kappa shape index (κ1) is 15.0. The van der Waals surface area contributed by atoms with Crippen molar-refractivity contribution in [2.24, 2.45) is 5.10 Å². The molecule has 3 aromatic rings. The molecular weight excluding hydrogens is 288 g/mol. The molecule has 0 unspecified atom stereocenters. The molecule has 116 valence electrons. The third kappa shape index (κ3) is 3.01. The molecule has 0 aliphatic heterocycles. The molecule has 3 rings (SSSR count). The van der Waals surface area contributed by atoms with Crippen molar-refractivity contribution in [2.75, 3.05) is 12.0 Å². The molecule has 4 heteroatoms. The molecule has 0 aliphatic carbocycles. The summed E-state index contributed by atoms with van der Waals surface area (Å²) in [4.78, 5) is 11.6. The predicted octanol–water partition coefficient (Wildman–Crippen LogP) is 4.34. The van der Waals surface area contributed by atoms with Crippen LogP contribution in [0.4, 0.5) is 5.69 Å². The molecule has 0 spiro atoms. The zero-order valence-corrected chi connectivity index (χ0v) is 13.2. The van der Waals surface area contributed by atoms with Gasteiger partial charge in [-0.15, -0.1) is 0 Å². The Morgan fingerprint density at radius 1 is 1.04 bits per heavy atom. The summed E-state index contributed by atoms with van der Waals surface area (Å²) < 4.78 is 4.94. The van der Waals surface area contributed by atoms with E-state index in [4.69, 9.17) is 4.74 Å². The van der Waals surface area contributed by atoms with E-state index in [0.29, 0.717) is 12.3 Å². The Labute approximate surface area is 134 Å². The molecule has 0 radical (unpaired) electrons. The summed E-state index contributed by atoms with van der Waals surface area (Å²) in [5, 5.41) is 8.69. The van der Waals surface area contributed by atoms with Crippen LogP contribution < -0.4 is 5.43 Å². The highest BCUT2D eigenvalue weighted by molar-refractivity contribution is 6.35. The van der Waals surface area contributed by atoms with Gasteiger partial charge in [-0.2, -0.15) is 5.10 Å². The average Bonchev–Trinajstić information content (AvgIpc) is 2.59. The summed E-state index contributed by atoms with van der Waals surface area (Å²) in [6.45, 7) is 3.74. The predicted molar refractivity (Wildman–Crippen MR) is 94.8 cm³/mol. The zero-order valence-electron chi connectivity index (χ0n) is 13.2. The Bertz CT molecular complexity index is 900. The normalized spacial score (nSPS) is 11.7. The largest absolute Gasteiger partial charge is 0.461 e. The summed E-state index contributed by atoms with van der Waals surface area (Å²) in [6.07, 6.45) is 0.